The summed E-state index contributed by atoms with van der Waals surface area (Å²) in [4.78, 5) is 87.7. The Balaban J connectivity index is 0.000000851. The molecule has 12 heteroatoms. The standard InChI is InChI=1S/C16H21BrO2.C16H21NO4.C15H21NO2.Ar/c1-15(2,3)13(18)10-7-8-11(12(17)9-10)14(19)16(4,5)6;1-15(2,3)13(18)10-7-8-11(12(9-10)17(20)21)14(19)16(4,5)6;1-14(2,3)12(17)10-7-8-11(16-9-10)13(18)15(4,5)6;/h7-9H,1-6H3;7-9H,1-6H3;7-9H,1-6H3;. The molecule has 0 aliphatic heterocycles. The van der Waals surface area contributed by atoms with E-state index in [4.69, 9.17) is 0 Å². The molecule has 0 fully saturated rings. The summed E-state index contributed by atoms with van der Waals surface area (Å²) in [6.07, 6.45) is 1.49. The van der Waals surface area contributed by atoms with Crippen LogP contribution in [-0.2, 0) is 0 Å². The van der Waals surface area contributed by atoms with Gasteiger partial charge < -0.3 is 0 Å². The summed E-state index contributed by atoms with van der Waals surface area (Å²) in [5.74, 6) is -0.358. The van der Waals surface area contributed by atoms with Crippen LogP contribution in [0, 0.1) is 80.3 Å². The normalized spacial score (nSPS) is 12.1. The summed E-state index contributed by atoms with van der Waals surface area (Å²) < 4.78 is 0.683. The minimum Gasteiger partial charge on any atom is -0.294 e. The molecular formula is C47H63ArBrN2O8. The molecule has 2 aromatic carbocycles. The van der Waals surface area contributed by atoms with Gasteiger partial charge in [-0.3, -0.25) is 43.9 Å². The minimum atomic E-state index is -0.722. The molecule has 0 saturated heterocycles. The molecule has 0 bridgehead atoms. The zero-order valence-corrected chi connectivity index (χ0v) is 40.4. The second-order valence-electron chi connectivity index (χ2n) is 20.6. The molecule has 3 rings (SSSR count). The number of halogens is 1. The number of Topliss-reactive ketones (excluding diaryl/α,β-unsaturated/α-hetero) is 6. The van der Waals surface area contributed by atoms with Crippen LogP contribution in [-0.4, -0.2) is 44.6 Å². The fraction of sp³-hybridized carbons (Fsp3) is 0.511. The van der Waals surface area contributed by atoms with Gasteiger partial charge in [0.25, 0.3) is 5.69 Å². The minimum absolute atomic E-state index is 0. The van der Waals surface area contributed by atoms with Crippen molar-refractivity contribution in [1.29, 1.82) is 0 Å². The maximum atomic E-state index is 12.3. The van der Waals surface area contributed by atoms with E-state index in [0.29, 0.717) is 26.9 Å². The molecule has 1 aromatic heterocycles. The fourth-order valence-corrected chi connectivity index (χ4v) is 5.57. The topological polar surface area (TPSA) is 158 Å². The second kappa shape index (κ2) is 20.5. The van der Waals surface area contributed by atoms with Crippen molar-refractivity contribution in [3.8, 4) is 0 Å². The van der Waals surface area contributed by atoms with E-state index in [9.17, 15) is 38.9 Å². The first-order chi connectivity index (χ1) is 25.8. The summed E-state index contributed by atoms with van der Waals surface area (Å²) in [7, 11) is 0. The first-order valence-electron chi connectivity index (χ1n) is 19.2. The van der Waals surface area contributed by atoms with Crippen LogP contribution in [0.2, 0.25) is 0 Å². The average Bonchev–Trinajstić information content (AvgIpc) is 3.07. The predicted octanol–water partition coefficient (Wildman–Crippen LogP) is 12.5. The monoisotopic (exact) mass is 902 g/mol. The van der Waals surface area contributed by atoms with Gasteiger partial charge in [-0.2, -0.15) is 0 Å². The number of hydrogen-bond acceptors (Lipinski definition) is 9. The Kier molecular flexibility index (Phi) is 19.4. The predicted molar refractivity (Wildman–Crippen MR) is 234 cm³/mol. The van der Waals surface area contributed by atoms with E-state index in [1.165, 1.54) is 24.4 Å². The summed E-state index contributed by atoms with van der Waals surface area (Å²) >= 11 is 3.40. The zero-order valence-electron chi connectivity index (χ0n) is 38.1. The van der Waals surface area contributed by atoms with Gasteiger partial charge in [-0.25, -0.2) is 0 Å². The van der Waals surface area contributed by atoms with Crippen LogP contribution >= 0.6 is 15.9 Å². The van der Waals surface area contributed by atoms with Gasteiger partial charge in [-0.05, 0) is 30.3 Å². The maximum Gasteiger partial charge on any atom is 0.280 e. The van der Waals surface area contributed by atoms with Crippen LogP contribution in [0.3, 0.4) is 0 Å². The largest absolute Gasteiger partial charge is 0.294 e. The van der Waals surface area contributed by atoms with Crippen molar-refractivity contribution in [3.63, 3.8) is 0 Å². The smallest absolute Gasteiger partial charge is 0.280 e. The molecular weight excluding hydrogens is 840 g/mol. The number of hydrogen-bond donors (Lipinski definition) is 0. The number of carbonyl (C=O) groups is 6. The third kappa shape index (κ3) is 16.3. The molecule has 59 heavy (non-hydrogen) atoms. The van der Waals surface area contributed by atoms with E-state index < -0.39 is 37.4 Å². The summed E-state index contributed by atoms with van der Waals surface area (Å²) in [6, 6.07) is 12.6. The van der Waals surface area contributed by atoms with Crippen molar-refractivity contribution >= 4 is 56.3 Å². The Labute approximate surface area is 389 Å². The van der Waals surface area contributed by atoms with Crippen molar-refractivity contribution in [2.75, 3.05) is 0 Å². The number of rotatable bonds is 7. The van der Waals surface area contributed by atoms with E-state index in [1.54, 1.807) is 71.9 Å². The van der Waals surface area contributed by atoms with Crippen molar-refractivity contribution < 1.29 is 71.4 Å². The number of nitrogens with zero attached hydrogens (tertiary/aromatic N) is 2. The van der Waals surface area contributed by atoms with Crippen molar-refractivity contribution in [2.24, 2.45) is 32.5 Å². The Morgan fingerprint density at radius 2 is 0.797 bits per heavy atom. The first-order valence-corrected chi connectivity index (χ1v) is 20.0. The number of nitro groups is 1. The molecule has 0 aliphatic rings. The van der Waals surface area contributed by atoms with E-state index in [2.05, 4.69) is 20.9 Å². The molecule has 324 valence electrons. The summed E-state index contributed by atoms with van der Waals surface area (Å²) in [5.41, 5.74) is -0.914. The van der Waals surface area contributed by atoms with Crippen molar-refractivity contribution in [3.05, 3.63) is 103 Å². The zero-order chi connectivity index (χ0) is 45.7. The van der Waals surface area contributed by atoms with E-state index in [1.807, 2.05) is 83.1 Å². The van der Waals surface area contributed by atoms with Crippen LogP contribution in [0.1, 0.15) is 187 Å². The molecule has 0 amide bonds. The first kappa shape index (κ1) is 55.7. The maximum absolute atomic E-state index is 12.3. The Morgan fingerprint density at radius 3 is 1.12 bits per heavy atom. The summed E-state index contributed by atoms with van der Waals surface area (Å²) in [5, 5.41) is 11.2. The third-order valence-electron chi connectivity index (χ3n) is 8.52. The van der Waals surface area contributed by atoms with Crippen LogP contribution in [0.25, 0.3) is 0 Å². The molecule has 10 nitrogen and oxygen atoms in total. The Hall–Kier alpha value is -3.25. The van der Waals surface area contributed by atoms with Gasteiger partial charge in [0.15, 0.2) is 34.7 Å². The molecule has 0 unspecified atom stereocenters. The van der Waals surface area contributed by atoms with Gasteiger partial charge in [0.2, 0.25) is 0 Å². The SMILES string of the molecule is CC(C)(C)C(=O)c1ccc(C(=O)C(C)(C)C)c(Br)c1.CC(C)(C)C(=O)c1ccc(C(=O)C(C)(C)C)c([N+](=O)[O-])c1.CC(C)(C)C(=O)c1ccc(C(=O)C(C)(C)C)nc1.[Ar]. The number of pyridine rings is 1. The van der Waals surface area contributed by atoms with Gasteiger partial charge in [0.1, 0.15) is 5.69 Å². The van der Waals surface area contributed by atoms with Gasteiger partial charge in [0.05, 0.1) is 10.5 Å². The third-order valence-corrected chi connectivity index (χ3v) is 9.18. The molecule has 0 spiro atoms. The molecule has 0 N–H and O–H groups in total. The molecule has 0 atom stereocenters. The Morgan fingerprint density at radius 1 is 0.475 bits per heavy atom. The van der Waals surface area contributed by atoms with E-state index >= 15 is 0 Å². The number of nitro benzene ring substituents is 1. The van der Waals surface area contributed by atoms with E-state index in [-0.39, 0.29) is 89.3 Å². The molecule has 0 radical (unpaired) electrons. The van der Waals surface area contributed by atoms with Crippen LogP contribution < -0.4 is 0 Å². The number of benzene rings is 2. The number of aromatic nitrogens is 1. The molecule has 3 aromatic rings. The second-order valence-corrected chi connectivity index (χ2v) is 21.4. The quantitative estimate of drug-likeness (QED) is 0.128. The van der Waals surface area contributed by atoms with Crippen LogP contribution in [0.15, 0.2) is 59.2 Å². The van der Waals surface area contributed by atoms with Crippen molar-refractivity contribution in [1.82, 2.24) is 4.98 Å². The summed E-state index contributed by atoms with van der Waals surface area (Å²) in [6.45, 7) is 32.8. The van der Waals surface area contributed by atoms with Gasteiger partial charge in [-0.15, -0.1) is 0 Å². The van der Waals surface area contributed by atoms with Gasteiger partial charge in [0, 0.05) is 109 Å². The van der Waals surface area contributed by atoms with E-state index in [0.717, 1.165) is 0 Å². The van der Waals surface area contributed by atoms with Crippen LogP contribution in [0.5, 0.6) is 0 Å². The molecule has 0 aliphatic carbocycles. The Bertz CT molecular complexity index is 2020. The fourth-order valence-electron chi connectivity index (χ4n) is 5.01. The van der Waals surface area contributed by atoms with Crippen LogP contribution in [0.4, 0.5) is 5.69 Å². The average molecular weight is 904 g/mol. The number of carbonyl (C=O) groups excluding carboxylic acids is 6. The van der Waals surface area contributed by atoms with Gasteiger partial charge >= 0.3 is 0 Å². The molecule has 1 heterocycles. The molecule has 0 saturated carbocycles. The van der Waals surface area contributed by atoms with Gasteiger partial charge in [-0.1, -0.05) is 153 Å². The van der Waals surface area contributed by atoms with Crippen molar-refractivity contribution in [2.45, 2.75) is 125 Å². The number of ketones is 6.